The van der Waals surface area contributed by atoms with Gasteiger partial charge < -0.3 is 10.6 Å². The fourth-order valence-electron chi connectivity index (χ4n) is 2.22. The van der Waals surface area contributed by atoms with Crippen LogP contribution in [-0.4, -0.2) is 12.6 Å². The first-order valence-corrected chi connectivity index (χ1v) is 7.92. The van der Waals surface area contributed by atoms with Crippen LogP contribution in [0.4, 0.5) is 36.8 Å². The molecular weight excluding hydrogens is 398 g/mol. The summed E-state index contributed by atoms with van der Waals surface area (Å²) in [6, 6.07) is 6.73. The van der Waals surface area contributed by atoms with Gasteiger partial charge in [0.1, 0.15) is 0 Å². The minimum absolute atomic E-state index is 0.0117. The molecule has 0 aromatic heterocycles. The number of rotatable bonds is 4. The monoisotopic (exact) mass is 410 g/mol. The zero-order chi connectivity index (χ0) is 20.2. The Morgan fingerprint density at radius 2 is 1.52 bits per heavy atom. The minimum atomic E-state index is -4.99. The lowest BCUT2D eigenvalue weighted by atomic mass is 10.1. The van der Waals surface area contributed by atoms with E-state index in [-0.39, 0.29) is 12.6 Å². The molecule has 2 aromatic carbocycles. The molecule has 2 rings (SSSR count). The molecule has 146 valence electrons. The van der Waals surface area contributed by atoms with Gasteiger partial charge in [0.15, 0.2) is 0 Å². The first-order chi connectivity index (χ1) is 12.4. The maximum Gasteiger partial charge on any atom is 0.416 e. The summed E-state index contributed by atoms with van der Waals surface area (Å²) in [4.78, 5) is 11.8. The van der Waals surface area contributed by atoms with Gasteiger partial charge in [0.2, 0.25) is 0 Å². The van der Waals surface area contributed by atoms with Crippen molar-refractivity contribution in [3.05, 3.63) is 64.2 Å². The van der Waals surface area contributed by atoms with Crippen molar-refractivity contribution in [2.75, 3.05) is 11.9 Å². The Hall–Kier alpha value is -2.42. The lowest BCUT2D eigenvalue weighted by Gasteiger charge is -2.15. The van der Waals surface area contributed by atoms with E-state index in [0.717, 1.165) is 5.56 Å². The molecule has 0 atom stereocenters. The van der Waals surface area contributed by atoms with Crippen LogP contribution in [0.5, 0.6) is 0 Å². The lowest BCUT2D eigenvalue weighted by Crippen LogP contribution is -2.30. The fourth-order valence-corrected chi connectivity index (χ4v) is 2.43. The minimum Gasteiger partial charge on any atom is -0.338 e. The van der Waals surface area contributed by atoms with E-state index in [2.05, 4.69) is 5.32 Å². The number of halogens is 7. The molecule has 3 nitrogen and oxygen atoms in total. The van der Waals surface area contributed by atoms with E-state index >= 15 is 0 Å². The number of anilines is 1. The highest BCUT2D eigenvalue weighted by Crippen LogP contribution is 2.37. The summed E-state index contributed by atoms with van der Waals surface area (Å²) in [5.41, 5.74) is -2.82. The molecule has 10 heteroatoms. The third kappa shape index (κ3) is 6.35. The summed E-state index contributed by atoms with van der Waals surface area (Å²) >= 11 is 5.81. The predicted octanol–water partition coefficient (Wildman–Crippen LogP) is 5.74. The van der Waals surface area contributed by atoms with Crippen LogP contribution in [0.1, 0.15) is 16.7 Å². The third-order valence-electron chi connectivity index (χ3n) is 3.43. The van der Waals surface area contributed by atoms with Crippen molar-refractivity contribution in [3.8, 4) is 0 Å². The molecule has 0 spiro atoms. The molecule has 0 aliphatic heterocycles. The van der Waals surface area contributed by atoms with E-state index in [0.29, 0.717) is 23.6 Å². The van der Waals surface area contributed by atoms with Crippen molar-refractivity contribution in [1.29, 1.82) is 0 Å². The second-order valence-electron chi connectivity index (χ2n) is 5.56. The summed E-state index contributed by atoms with van der Waals surface area (Å²) in [7, 11) is 0. The number of urea groups is 1. The second-order valence-corrected chi connectivity index (χ2v) is 5.99. The number of nitrogens with one attached hydrogen (secondary N) is 2. The standard InChI is InChI=1S/C17H13ClF6N2O/c18-13-3-1-2-10(6-13)4-5-25-15(27)26-14-8-11(16(19,20)21)7-12(9-14)17(22,23)24/h1-3,6-9H,4-5H2,(H2,25,26,27). The first-order valence-electron chi connectivity index (χ1n) is 7.54. The molecule has 0 heterocycles. The Kier molecular flexibility index (Phi) is 6.25. The van der Waals surface area contributed by atoms with E-state index < -0.39 is 35.2 Å². The molecule has 0 radical (unpaired) electrons. The van der Waals surface area contributed by atoms with Gasteiger partial charge in [0.25, 0.3) is 0 Å². The summed E-state index contributed by atoms with van der Waals surface area (Å²) in [6.07, 6.45) is -9.59. The number of amides is 2. The molecule has 2 N–H and O–H groups in total. The van der Waals surface area contributed by atoms with Crippen molar-refractivity contribution in [2.45, 2.75) is 18.8 Å². The summed E-state index contributed by atoms with van der Waals surface area (Å²) < 4.78 is 76.7. The highest BCUT2D eigenvalue weighted by atomic mass is 35.5. The normalized spacial score (nSPS) is 12.0. The zero-order valence-corrected chi connectivity index (χ0v) is 14.3. The molecule has 0 fully saturated rings. The van der Waals surface area contributed by atoms with Gasteiger partial charge in [-0.2, -0.15) is 26.3 Å². The van der Waals surface area contributed by atoms with E-state index in [1.807, 2.05) is 5.32 Å². The molecular formula is C17H13ClF6N2O. The molecule has 0 saturated heterocycles. The van der Waals surface area contributed by atoms with Crippen molar-refractivity contribution in [2.24, 2.45) is 0 Å². The average molecular weight is 411 g/mol. The zero-order valence-electron chi connectivity index (χ0n) is 13.5. The van der Waals surface area contributed by atoms with E-state index in [9.17, 15) is 31.1 Å². The van der Waals surface area contributed by atoms with Gasteiger partial charge in [-0.15, -0.1) is 0 Å². The van der Waals surface area contributed by atoms with Crippen LogP contribution in [0.15, 0.2) is 42.5 Å². The third-order valence-corrected chi connectivity index (χ3v) is 3.67. The summed E-state index contributed by atoms with van der Waals surface area (Å²) in [5, 5.41) is 4.85. The molecule has 0 bridgehead atoms. The highest BCUT2D eigenvalue weighted by molar-refractivity contribution is 6.30. The number of hydrogen-bond acceptors (Lipinski definition) is 1. The van der Waals surface area contributed by atoms with Crippen LogP contribution >= 0.6 is 11.6 Å². The van der Waals surface area contributed by atoms with Gasteiger partial charge >= 0.3 is 18.4 Å². The maximum atomic E-state index is 12.8. The molecule has 0 unspecified atom stereocenters. The van der Waals surface area contributed by atoms with Crippen LogP contribution in [0.2, 0.25) is 5.02 Å². The molecule has 0 aliphatic carbocycles. The van der Waals surface area contributed by atoms with Crippen molar-refractivity contribution >= 4 is 23.3 Å². The summed E-state index contributed by atoms with van der Waals surface area (Å²) in [6.45, 7) is 0.108. The average Bonchev–Trinajstić information content (AvgIpc) is 2.53. The smallest absolute Gasteiger partial charge is 0.338 e. The van der Waals surface area contributed by atoms with Crippen LogP contribution in [0, 0.1) is 0 Å². The first kappa shape index (κ1) is 20.9. The molecule has 0 saturated carbocycles. The van der Waals surface area contributed by atoms with Gasteiger partial charge in [-0.05, 0) is 42.3 Å². The Labute approximate surface area is 155 Å². The topological polar surface area (TPSA) is 41.1 Å². The predicted molar refractivity (Wildman–Crippen MR) is 88.6 cm³/mol. The second kappa shape index (κ2) is 8.08. The maximum absolute atomic E-state index is 12.8. The van der Waals surface area contributed by atoms with E-state index in [4.69, 9.17) is 11.6 Å². The van der Waals surface area contributed by atoms with Crippen molar-refractivity contribution in [3.63, 3.8) is 0 Å². The quantitative estimate of drug-likeness (QED) is 0.620. The van der Waals surface area contributed by atoms with Gasteiger partial charge in [0, 0.05) is 17.3 Å². The van der Waals surface area contributed by atoms with Crippen LogP contribution < -0.4 is 10.6 Å². The lowest BCUT2D eigenvalue weighted by molar-refractivity contribution is -0.143. The van der Waals surface area contributed by atoms with Gasteiger partial charge in [0.05, 0.1) is 11.1 Å². The van der Waals surface area contributed by atoms with Crippen LogP contribution in [-0.2, 0) is 18.8 Å². The van der Waals surface area contributed by atoms with Crippen LogP contribution in [0.25, 0.3) is 0 Å². The van der Waals surface area contributed by atoms with Crippen molar-refractivity contribution < 1.29 is 31.1 Å². The SMILES string of the molecule is O=C(NCCc1cccc(Cl)c1)Nc1cc(C(F)(F)F)cc(C(F)(F)F)c1. The number of carbonyl (C=O) groups excluding carboxylic acids is 1. The summed E-state index contributed by atoms with van der Waals surface area (Å²) in [5.74, 6) is 0. The Morgan fingerprint density at radius 1 is 0.926 bits per heavy atom. The van der Waals surface area contributed by atoms with Gasteiger partial charge in [-0.25, -0.2) is 4.79 Å². The number of alkyl halides is 6. The molecule has 2 amide bonds. The Bertz CT molecular complexity index is 788. The number of carbonyl (C=O) groups is 1. The largest absolute Gasteiger partial charge is 0.416 e. The van der Waals surface area contributed by atoms with Crippen LogP contribution in [0.3, 0.4) is 0 Å². The highest BCUT2D eigenvalue weighted by Gasteiger charge is 2.37. The molecule has 2 aromatic rings. The molecule has 0 aliphatic rings. The molecule has 27 heavy (non-hydrogen) atoms. The van der Waals surface area contributed by atoms with E-state index in [1.54, 1.807) is 24.3 Å². The Morgan fingerprint density at radius 3 is 2.04 bits per heavy atom. The van der Waals surface area contributed by atoms with Crippen molar-refractivity contribution in [1.82, 2.24) is 5.32 Å². The van der Waals surface area contributed by atoms with Gasteiger partial charge in [-0.3, -0.25) is 0 Å². The van der Waals surface area contributed by atoms with E-state index in [1.165, 1.54) is 0 Å². The number of hydrogen-bond donors (Lipinski definition) is 2. The number of benzene rings is 2. The van der Waals surface area contributed by atoms with Gasteiger partial charge in [-0.1, -0.05) is 23.7 Å². The fraction of sp³-hybridized carbons (Fsp3) is 0.235. The Balaban J connectivity index is 2.05.